The second kappa shape index (κ2) is 13.0. The summed E-state index contributed by atoms with van der Waals surface area (Å²) in [4.78, 5) is 6.93. The first kappa shape index (κ1) is 26.3. The molecule has 1 aromatic carbocycles. The number of rotatable bonds is 7. The first-order chi connectivity index (χ1) is 14.5. The molecule has 0 unspecified atom stereocenters. The normalized spacial score (nSPS) is 19.0. The number of hydrogen-bond donors (Lipinski definition) is 1. The van der Waals surface area contributed by atoms with Crippen LogP contribution in [0.1, 0.15) is 44.1 Å². The summed E-state index contributed by atoms with van der Waals surface area (Å²) >= 11 is 0. The van der Waals surface area contributed by atoms with Crippen molar-refractivity contribution >= 4 is 40.0 Å². The number of guanidine groups is 1. The summed E-state index contributed by atoms with van der Waals surface area (Å²) in [5, 5.41) is 3.39. The number of benzene rings is 1. The predicted molar refractivity (Wildman–Crippen MR) is 135 cm³/mol. The van der Waals surface area contributed by atoms with Crippen LogP contribution in [0, 0.1) is 5.92 Å². The molecule has 0 spiro atoms. The van der Waals surface area contributed by atoms with Crippen LogP contribution >= 0.6 is 24.0 Å². The van der Waals surface area contributed by atoms with Gasteiger partial charge in [-0.3, -0.25) is 4.99 Å². The predicted octanol–water partition coefficient (Wildman–Crippen LogP) is 3.30. The summed E-state index contributed by atoms with van der Waals surface area (Å²) in [6, 6.07) is 7.22. The molecule has 0 bridgehead atoms. The number of piperidine rings is 1. The van der Waals surface area contributed by atoms with Crippen LogP contribution in [0.15, 0.2) is 34.2 Å². The Kier molecular flexibility index (Phi) is 11.0. The van der Waals surface area contributed by atoms with Crippen LogP contribution in [0.2, 0.25) is 0 Å². The average Bonchev–Trinajstić information content (AvgIpc) is 2.79. The van der Waals surface area contributed by atoms with Gasteiger partial charge in [-0.2, -0.15) is 4.31 Å². The highest BCUT2D eigenvalue weighted by atomic mass is 127. The van der Waals surface area contributed by atoms with Gasteiger partial charge in [0, 0.05) is 53.5 Å². The molecule has 0 aromatic heterocycles. The summed E-state index contributed by atoms with van der Waals surface area (Å²) in [6.07, 6.45) is 6.44. The molecular formula is C22H37IN4O3S. The van der Waals surface area contributed by atoms with Crippen LogP contribution in [-0.4, -0.2) is 70.5 Å². The minimum absolute atomic E-state index is 0. The lowest BCUT2D eigenvalue weighted by Crippen LogP contribution is -2.39. The Morgan fingerprint density at radius 1 is 1.16 bits per heavy atom. The molecule has 0 aliphatic carbocycles. The van der Waals surface area contributed by atoms with E-state index in [1.54, 1.807) is 23.5 Å². The Hall–Kier alpha value is -0.910. The van der Waals surface area contributed by atoms with Crippen molar-refractivity contribution in [3.05, 3.63) is 29.8 Å². The van der Waals surface area contributed by atoms with Crippen LogP contribution in [0.4, 0.5) is 0 Å². The van der Waals surface area contributed by atoms with Gasteiger partial charge in [-0.1, -0.05) is 18.6 Å². The molecule has 0 atom stereocenters. The topological polar surface area (TPSA) is 74.2 Å². The molecule has 1 aromatic rings. The Morgan fingerprint density at radius 2 is 1.81 bits per heavy atom. The van der Waals surface area contributed by atoms with E-state index in [2.05, 4.69) is 22.3 Å². The number of halogens is 1. The maximum atomic E-state index is 12.8. The highest BCUT2D eigenvalue weighted by molar-refractivity contribution is 14.0. The Labute approximate surface area is 204 Å². The molecule has 0 radical (unpaired) electrons. The minimum Gasteiger partial charge on any atom is -0.381 e. The summed E-state index contributed by atoms with van der Waals surface area (Å²) in [5.74, 6) is 1.58. The van der Waals surface area contributed by atoms with Gasteiger partial charge >= 0.3 is 0 Å². The second-order valence-corrected chi connectivity index (χ2v) is 10.2. The fraction of sp³-hybridized carbons (Fsp3) is 0.682. The second-order valence-electron chi connectivity index (χ2n) is 8.28. The minimum atomic E-state index is -3.37. The summed E-state index contributed by atoms with van der Waals surface area (Å²) in [6.45, 7) is 4.58. The standard InChI is InChI=1S/C22H36N4O3S.HI/c1-23-22(25(2)15-10-19-11-16-29-17-12-19)24-18-20-6-8-21(9-7-20)30(27,28)26-13-4-3-5-14-26;/h6-9,19H,3-5,10-18H2,1-2H3,(H,23,24);1H. The van der Waals surface area contributed by atoms with Crippen LogP contribution in [0.25, 0.3) is 0 Å². The van der Waals surface area contributed by atoms with Gasteiger partial charge in [0.25, 0.3) is 0 Å². The van der Waals surface area contributed by atoms with Gasteiger partial charge in [-0.25, -0.2) is 8.42 Å². The third-order valence-corrected chi connectivity index (χ3v) is 8.03. The van der Waals surface area contributed by atoms with Crippen LogP contribution in [-0.2, 0) is 21.3 Å². The number of aliphatic imine (C=N–C) groups is 1. The van der Waals surface area contributed by atoms with Crippen molar-refractivity contribution < 1.29 is 13.2 Å². The molecule has 2 aliphatic rings. The quantitative estimate of drug-likeness (QED) is 0.313. The van der Waals surface area contributed by atoms with E-state index >= 15 is 0 Å². The van der Waals surface area contributed by atoms with Gasteiger partial charge in [-0.15, -0.1) is 24.0 Å². The highest BCUT2D eigenvalue weighted by Crippen LogP contribution is 2.21. The monoisotopic (exact) mass is 564 g/mol. The smallest absolute Gasteiger partial charge is 0.243 e. The number of nitrogens with zero attached hydrogens (tertiary/aromatic N) is 3. The van der Waals surface area contributed by atoms with Gasteiger partial charge in [0.05, 0.1) is 4.90 Å². The van der Waals surface area contributed by atoms with Crippen molar-refractivity contribution in [2.75, 3.05) is 46.9 Å². The average molecular weight is 565 g/mol. The number of nitrogens with one attached hydrogen (secondary N) is 1. The largest absolute Gasteiger partial charge is 0.381 e. The molecular weight excluding hydrogens is 527 g/mol. The Bertz CT molecular complexity index is 789. The zero-order valence-corrected chi connectivity index (χ0v) is 21.9. The summed E-state index contributed by atoms with van der Waals surface area (Å²) in [5.41, 5.74) is 1.03. The number of hydrogen-bond acceptors (Lipinski definition) is 4. The van der Waals surface area contributed by atoms with E-state index in [4.69, 9.17) is 4.74 Å². The van der Waals surface area contributed by atoms with E-state index in [0.717, 1.165) is 75.7 Å². The lowest BCUT2D eigenvalue weighted by atomic mass is 9.96. The zero-order chi connectivity index (χ0) is 21.4. The van der Waals surface area contributed by atoms with Crippen molar-refractivity contribution in [1.29, 1.82) is 0 Å². The SMILES string of the molecule is CN=C(NCc1ccc(S(=O)(=O)N2CCCCC2)cc1)N(C)CCC1CCOCC1.I. The molecule has 1 N–H and O–H groups in total. The van der Waals surface area contributed by atoms with Crippen molar-refractivity contribution in [3.8, 4) is 0 Å². The van der Waals surface area contributed by atoms with Gasteiger partial charge in [0.15, 0.2) is 5.96 Å². The number of ether oxygens (including phenoxy) is 1. The lowest BCUT2D eigenvalue weighted by molar-refractivity contribution is 0.0625. The molecule has 3 rings (SSSR count). The molecule has 0 saturated carbocycles. The van der Waals surface area contributed by atoms with Gasteiger partial charge in [-0.05, 0) is 55.7 Å². The Morgan fingerprint density at radius 3 is 2.42 bits per heavy atom. The van der Waals surface area contributed by atoms with Gasteiger partial charge < -0.3 is 15.0 Å². The van der Waals surface area contributed by atoms with Crippen LogP contribution < -0.4 is 5.32 Å². The summed E-state index contributed by atoms with van der Waals surface area (Å²) < 4.78 is 32.6. The van der Waals surface area contributed by atoms with Gasteiger partial charge in [0.1, 0.15) is 0 Å². The molecule has 2 aliphatic heterocycles. The summed E-state index contributed by atoms with van der Waals surface area (Å²) in [7, 11) is 0.477. The molecule has 0 amide bonds. The number of sulfonamides is 1. The molecule has 31 heavy (non-hydrogen) atoms. The molecule has 9 heteroatoms. The van der Waals surface area contributed by atoms with E-state index in [9.17, 15) is 8.42 Å². The third-order valence-electron chi connectivity index (χ3n) is 6.11. The van der Waals surface area contributed by atoms with E-state index in [0.29, 0.717) is 24.5 Å². The molecule has 2 fully saturated rings. The molecule has 2 saturated heterocycles. The molecule has 7 nitrogen and oxygen atoms in total. The fourth-order valence-electron chi connectivity index (χ4n) is 4.12. The maximum Gasteiger partial charge on any atom is 0.243 e. The lowest BCUT2D eigenvalue weighted by Gasteiger charge is -2.27. The molecule has 2 heterocycles. The van der Waals surface area contributed by atoms with E-state index in [1.165, 1.54) is 0 Å². The van der Waals surface area contributed by atoms with Crippen molar-refractivity contribution in [1.82, 2.24) is 14.5 Å². The molecule has 176 valence electrons. The maximum absolute atomic E-state index is 12.8. The zero-order valence-electron chi connectivity index (χ0n) is 18.8. The first-order valence-corrected chi connectivity index (χ1v) is 12.5. The third kappa shape index (κ3) is 7.57. The van der Waals surface area contributed by atoms with E-state index < -0.39 is 10.0 Å². The van der Waals surface area contributed by atoms with E-state index in [-0.39, 0.29) is 24.0 Å². The van der Waals surface area contributed by atoms with Crippen LogP contribution in [0.5, 0.6) is 0 Å². The van der Waals surface area contributed by atoms with Crippen molar-refractivity contribution in [2.24, 2.45) is 10.9 Å². The van der Waals surface area contributed by atoms with Crippen LogP contribution in [0.3, 0.4) is 0 Å². The Balaban J connectivity index is 0.00000341. The first-order valence-electron chi connectivity index (χ1n) is 11.1. The van der Waals surface area contributed by atoms with Crippen molar-refractivity contribution in [2.45, 2.75) is 50.0 Å². The fourth-order valence-corrected chi connectivity index (χ4v) is 5.63. The van der Waals surface area contributed by atoms with Crippen molar-refractivity contribution in [3.63, 3.8) is 0 Å². The van der Waals surface area contributed by atoms with Gasteiger partial charge in [0.2, 0.25) is 10.0 Å². The van der Waals surface area contributed by atoms with E-state index in [1.807, 2.05) is 12.1 Å². The highest BCUT2D eigenvalue weighted by Gasteiger charge is 2.25.